The molecule has 1 N–H and O–H groups in total. The molecule has 156 valence electrons. The molecule has 0 saturated carbocycles. The Morgan fingerprint density at radius 3 is 2.17 bits per heavy atom. The lowest BCUT2D eigenvalue weighted by molar-refractivity contribution is -0.117. The fourth-order valence-corrected chi connectivity index (χ4v) is 4.80. The maximum absolute atomic E-state index is 13.4. The third kappa shape index (κ3) is 5.17. The molecule has 1 saturated heterocycles. The number of aryl methyl sites for hydroxylation is 2. The lowest BCUT2D eigenvalue weighted by Crippen LogP contribution is -2.50. The van der Waals surface area contributed by atoms with Crippen LogP contribution in [0.3, 0.4) is 0 Å². The van der Waals surface area contributed by atoms with E-state index in [1.54, 1.807) is 0 Å². The maximum atomic E-state index is 13.4. The van der Waals surface area contributed by atoms with Gasteiger partial charge in [-0.3, -0.25) is 9.69 Å². The van der Waals surface area contributed by atoms with Gasteiger partial charge in [0.15, 0.2) is 11.6 Å². The summed E-state index contributed by atoms with van der Waals surface area (Å²) < 4.78 is 52.9. The Hall–Kier alpha value is -2.36. The van der Waals surface area contributed by atoms with Gasteiger partial charge in [-0.15, -0.1) is 0 Å². The molecule has 2 aromatic rings. The zero-order valence-electron chi connectivity index (χ0n) is 16.3. The molecule has 9 heteroatoms. The Bertz CT molecular complexity index is 999. The molecule has 0 aliphatic carbocycles. The number of nitrogens with zero attached hydrogens (tertiary/aromatic N) is 2. The van der Waals surface area contributed by atoms with Crippen LogP contribution in [-0.4, -0.2) is 56.3 Å². The molecule has 1 amide bonds. The molecule has 3 rings (SSSR count). The highest BCUT2D eigenvalue weighted by atomic mass is 32.2. The molecule has 29 heavy (non-hydrogen) atoms. The molecule has 1 aliphatic rings. The number of halogens is 2. The van der Waals surface area contributed by atoms with Crippen LogP contribution in [0.25, 0.3) is 0 Å². The number of piperazine rings is 1. The Labute approximate surface area is 169 Å². The number of rotatable bonds is 5. The van der Waals surface area contributed by atoms with Crippen molar-refractivity contribution in [2.45, 2.75) is 18.7 Å². The SMILES string of the molecule is Cc1cc(C)cc(NC(=O)CN2CCN(S(=O)(=O)c3ccc(F)c(F)c3)CC2)c1. The predicted octanol–water partition coefficient (Wildman–Crippen LogP) is 2.53. The molecule has 0 unspecified atom stereocenters. The van der Waals surface area contributed by atoms with Gasteiger partial charge in [0.05, 0.1) is 11.4 Å². The summed E-state index contributed by atoms with van der Waals surface area (Å²) in [6.45, 7) is 5.11. The minimum absolute atomic E-state index is 0.145. The monoisotopic (exact) mass is 423 g/mol. The molecule has 2 aromatic carbocycles. The Kier molecular flexibility index (Phi) is 6.30. The normalized spacial score (nSPS) is 16.0. The van der Waals surface area contributed by atoms with Crippen LogP contribution in [0.15, 0.2) is 41.3 Å². The van der Waals surface area contributed by atoms with Gasteiger partial charge in [0, 0.05) is 31.9 Å². The van der Waals surface area contributed by atoms with Gasteiger partial charge in [0.1, 0.15) is 0 Å². The summed E-state index contributed by atoms with van der Waals surface area (Å²) in [6.07, 6.45) is 0. The number of anilines is 1. The lowest BCUT2D eigenvalue weighted by atomic mass is 10.1. The fourth-order valence-electron chi connectivity index (χ4n) is 3.36. The second kappa shape index (κ2) is 8.56. The molecule has 0 atom stereocenters. The Morgan fingerprint density at radius 2 is 1.59 bits per heavy atom. The number of nitrogens with one attached hydrogen (secondary N) is 1. The van der Waals surface area contributed by atoms with E-state index in [1.807, 2.05) is 36.9 Å². The van der Waals surface area contributed by atoms with Crippen molar-refractivity contribution in [3.63, 3.8) is 0 Å². The molecule has 0 radical (unpaired) electrons. The van der Waals surface area contributed by atoms with Gasteiger partial charge in [-0.25, -0.2) is 17.2 Å². The van der Waals surface area contributed by atoms with E-state index < -0.39 is 21.7 Å². The zero-order chi connectivity index (χ0) is 21.2. The molecule has 0 bridgehead atoms. The highest BCUT2D eigenvalue weighted by Crippen LogP contribution is 2.20. The van der Waals surface area contributed by atoms with Crippen LogP contribution >= 0.6 is 0 Å². The quantitative estimate of drug-likeness (QED) is 0.803. The Morgan fingerprint density at radius 1 is 0.966 bits per heavy atom. The van der Waals surface area contributed by atoms with Crippen LogP contribution in [0.5, 0.6) is 0 Å². The predicted molar refractivity (Wildman–Crippen MR) is 106 cm³/mol. The third-order valence-electron chi connectivity index (χ3n) is 4.73. The first-order chi connectivity index (χ1) is 13.6. The molecular weight excluding hydrogens is 400 g/mol. The Balaban J connectivity index is 1.57. The zero-order valence-corrected chi connectivity index (χ0v) is 17.1. The van der Waals surface area contributed by atoms with Crippen molar-refractivity contribution >= 4 is 21.6 Å². The number of hydrogen-bond acceptors (Lipinski definition) is 4. The largest absolute Gasteiger partial charge is 0.325 e. The molecule has 1 aliphatic heterocycles. The van der Waals surface area contributed by atoms with Crippen LogP contribution in [0.4, 0.5) is 14.5 Å². The summed E-state index contributed by atoms with van der Waals surface area (Å²) in [4.78, 5) is 13.9. The van der Waals surface area contributed by atoms with Crippen LogP contribution < -0.4 is 5.32 Å². The van der Waals surface area contributed by atoms with Crippen molar-refractivity contribution in [1.82, 2.24) is 9.21 Å². The summed E-state index contributed by atoms with van der Waals surface area (Å²) in [7, 11) is -3.91. The van der Waals surface area contributed by atoms with Gasteiger partial charge in [-0.1, -0.05) is 6.07 Å². The van der Waals surface area contributed by atoms with Crippen molar-refractivity contribution in [2.24, 2.45) is 0 Å². The molecule has 1 heterocycles. The van der Waals surface area contributed by atoms with E-state index >= 15 is 0 Å². The second-order valence-electron chi connectivity index (χ2n) is 7.18. The summed E-state index contributed by atoms with van der Waals surface area (Å²) >= 11 is 0. The van der Waals surface area contributed by atoms with Crippen molar-refractivity contribution in [2.75, 3.05) is 38.0 Å². The highest BCUT2D eigenvalue weighted by Gasteiger charge is 2.29. The smallest absolute Gasteiger partial charge is 0.243 e. The summed E-state index contributed by atoms with van der Waals surface area (Å²) in [5, 5.41) is 2.86. The molecular formula is C20H23F2N3O3S. The third-order valence-corrected chi connectivity index (χ3v) is 6.63. The molecule has 1 fully saturated rings. The molecule has 0 spiro atoms. The second-order valence-corrected chi connectivity index (χ2v) is 9.12. The van der Waals surface area contributed by atoms with E-state index in [0.29, 0.717) is 19.2 Å². The van der Waals surface area contributed by atoms with Gasteiger partial charge in [0.2, 0.25) is 15.9 Å². The van der Waals surface area contributed by atoms with Gasteiger partial charge < -0.3 is 5.32 Å². The summed E-state index contributed by atoms with van der Waals surface area (Å²) in [5.74, 6) is -2.47. The average molecular weight is 423 g/mol. The maximum Gasteiger partial charge on any atom is 0.243 e. The van der Waals surface area contributed by atoms with Gasteiger partial charge in [-0.05, 0) is 55.3 Å². The van der Waals surface area contributed by atoms with Gasteiger partial charge in [0.25, 0.3) is 0 Å². The van der Waals surface area contributed by atoms with Crippen molar-refractivity contribution in [1.29, 1.82) is 0 Å². The summed E-state index contributed by atoms with van der Waals surface area (Å²) in [6, 6.07) is 8.33. The number of benzene rings is 2. The van der Waals surface area contributed by atoms with Crippen molar-refractivity contribution in [3.8, 4) is 0 Å². The molecule has 6 nitrogen and oxygen atoms in total. The first kappa shape index (κ1) is 21.4. The lowest BCUT2D eigenvalue weighted by Gasteiger charge is -2.33. The number of hydrogen-bond donors (Lipinski definition) is 1. The van der Waals surface area contributed by atoms with Crippen molar-refractivity contribution < 1.29 is 22.0 Å². The standard InChI is InChI=1S/C20H23F2N3O3S/c1-14-9-15(2)11-16(10-14)23-20(26)13-24-5-7-25(8-6-24)29(27,28)17-3-4-18(21)19(22)12-17/h3-4,9-12H,5-8,13H2,1-2H3,(H,23,26). The topological polar surface area (TPSA) is 69.7 Å². The van der Waals surface area contributed by atoms with E-state index in [9.17, 15) is 22.0 Å². The van der Waals surface area contributed by atoms with Crippen LogP contribution in [0.2, 0.25) is 0 Å². The average Bonchev–Trinajstić information content (AvgIpc) is 2.63. The van der Waals surface area contributed by atoms with Crippen LogP contribution in [0.1, 0.15) is 11.1 Å². The highest BCUT2D eigenvalue weighted by molar-refractivity contribution is 7.89. The van der Waals surface area contributed by atoms with E-state index in [-0.39, 0.29) is 30.4 Å². The first-order valence-electron chi connectivity index (χ1n) is 9.21. The van der Waals surface area contributed by atoms with E-state index in [2.05, 4.69) is 5.32 Å². The van der Waals surface area contributed by atoms with Gasteiger partial charge in [-0.2, -0.15) is 4.31 Å². The summed E-state index contributed by atoms with van der Waals surface area (Å²) in [5.41, 5.74) is 2.83. The molecule has 0 aromatic heterocycles. The number of carbonyl (C=O) groups is 1. The minimum atomic E-state index is -3.91. The van der Waals surface area contributed by atoms with Gasteiger partial charge >= 0.3 is 0 Å². The number of sulfonamides is 1. The van der Waals surface area contributed by atoms with Crippen LogP contribution in [-0.2, 0) is 14.8 Å². The minimum Gasteiger partial charge on any atom is -0.325 e. The number of carbonyl (C=O) groups excluding carboxylic acids is 1. The fraction of sp³-hybridized carbons (Fsp3) is 0.350. The van der Waals surface area contributed by atoms with Crippen molar-refractivity contribution in [3.05, 3.63) is 59.2 Å². The first-order valence-corrected chi connectivity index (χ1v) is 10.6. The number of amides is 1. The van der Waals surface area contributed by atoms with E-state index in [0.717, 1.165) is 28.9 Å². The van der Waals surface area contributed by atoms with E-state index in [4.69, 9.17) is 0 Å². The van der Waals surface area contributed by atoms with E-state index in [1.165, 1.54) is 4.31 Å². The van der Waals surface area contributed by atoms with Crippen LogP contribution in [0, 0.1) is 25.5 Å².